The maximum Gasteiger partial charge on any atom is 0.417 e. The molecular weight excluding hydrogens is 427 g/mol. The van der Waals surface area contributed by atoms with Crippen LogP contribution in [0.4, 0.5) is 13.2 Å². The molecule has 5 nitrogen and oxygen atoms in total. The van der Waals surface area contributed by atoms with Crippen LogP contribution in [0.5, 0.6) is 0 Å². The van der Waals surface area contributed by atoms with E-state index in [9.17, 15) is 21.6 Å². The molecule has 0 unspecified atom stereocenters. The van der Waals surface area contributed by atoms with Crippen LogP contribution in [0.3, 0.4) is 0 Å². The van der Waals surface area contributed by atoms with E-state index in [1.807, 2.05) is 30.3 Å². The minimum atomic E-state index is -4.75. The van der Waals surface area contributed by atoms with Gasteiger partial charge in [0.2, 0.25) is 0 Å². The number of alkyl halides is 3. The van der Waals surface area contributed by atoms with Crippen molar-refractivity contribution >= 4 is 10.0 Å². The molecule has 0 spiro atoms. The van der Waals surface area contributed by atoms with Crippen molar-refractivity contribution in [3.8, 4) is 22.3 Å². The number of hydrogen-bond acceptors (Lipinski definition) is 3. The molecule has 1 heterocycles. The van der Waals surface area contributed by atoms with Gasteiger partial charge in [0.15, 0.2) is 0 Å². The van der Waals surface area contributed by atoms with E-state index in [0.29, 0.717) is 5.56 Å². The lowest BCUT2D eigenvalue weighted by Crippen LogP contribution is -2.25. The van der Waals surface area contributed by atoms with Gasteiger partial charge in [-0.2, -0.15) is 31.5 Å². The zero-order valence-electron chi connectivity index (χ0n) is 15.9. The van der Waals surface area contributed by atoms with Crippen molar-refractivity contribution in [2.45, 2.75) is 11.1 Å². The largest absolute Gasteiger partial charge is 0.417 e. The zero-order valence-corrected chi connectivity index (χ0v) is 16.7. The Hall–Kier alpha value is -3.59. The third kappa shape index (κ3) is 4.31. The molecule has 0 saturated heterocycles. The second-order valence-electron chi connectivity index (χ2n) is 6.67. The van der Waals surface area contributed by atoms with Crippen LogP contribution in [0.25, 0.3) is 22.3 Å². The van der Waals surface area contributed by atoms with Crippen molar-refractivity contribution < 1.29 is 21.6 Å². The smallest absolute Gasteiger partial charge is 0.200 e. The third-order valence-electron chi connectivity index (χ3n) is 4.60. The first kappa shape index (κ1) is 20.7. The SMILES string of the molecule is O=S(=O)(Nn1cccn1)c1cccc(C(F)(F)F)c1-c1cccc(-c2ccccc2)c1. The van der Waals surface area contributed by atoms with Gasteiger partial charge in [0, 0.05) is 11.8 Å². The van der Waals surface area contributed by atoms with Crippen LogP contribution in [-0.2, 0) is 16.2 Å². The second-order valence-corrected chi connectivity index (χ2v) is 8.30. The average Bonchev–Trinajstić information content (AvgIpc) is 3.25. The van der Waals surface area contributed by atoms with E-state index >= 15 is 0 Å². The van der Waals surface area contributed by atoms with E-state index < -0.39 is 32.2 Å². The third-order valence-corrected chi connectivity index (χ3v) is 5.94. The van der Waals surface area contributed by atoms with Gasteiger partial charge in [-0.1, -0.05) is 54.6 Å². The summed E-state index contributed by atoms with van der Waals surface area (Å²) in [6.45, 7) is 0. The predicted molar refractivity (Wildman–Crippen MR) is 111 cm³/mol. The summed E-state index contributed by atoms with van der Waals surface area (Å²) in [7, 11) is -4.37. The summed E-state index contributed by atoms with van der Waals surface area (Å²) < 4.78 is 67.6. The molecule has 158 valence electrons. The van der Waals surface area contributed by atoms with E-state index in [4.69, 9.17) is 0 Å². The first-order valence-electron chi connectivity index (χ1n) is 9.14. The quantitative estimate of drug-likeness (QED) is 0.463. The minimum absolute atomic E-state index is 0.134. The summed E-state index contributed by atoms with van der Waals surface area (Å²) in [6.07, 6.45) is -2.07. The Morgan fingerprint density at radius 1 is 0.806 bits per heavy atom. The normalized spacial score (nSPS) is 12.0. The molecule has 1 aromatic heterocycles. The average molecular weight is 443 g/mol. The number of nitrogens with one attached hydrogen (secondary N) is 1. The number of hydrogen-bond donors (Lipinski definition) is 1. The number of benzene rings is 3. The molecule has 1 N–H and O–H groups in total. The first-order chi connectivity index (χ1) is 14.8. The summed E-state index contributed by atoms with van der Waals surface area (Å²) in [4.78, 5) is 2.58. The molecule has 0 aliphatic rings. The van der Waals surface area contributed by atoms with Crippen LogP contribution < -0.4 is 4.83 Å². The maximum absolute atomic E-state index is 13.9. The van der Waals surface area contributed by atoms with Gasteiger partial charge >= 0.3 is 6.18 Å². The Labute approximate surface area is 176 Å². The van der Waals surface area contributed by atoms with Gasteiger partial charge in [0.25, 0.3) is 10.0 Å². The van der Waals surface area contributed by atoms with Gasteiger partial charge in [-0.15, -0.1) is 0 Å². The van der Waals surface area contributed by atoms with Crippen molar-refractivity contribution in [3.05, 3.63) is 96.8 Å². The van der Waals surface area contributed by atoms with Gasteiger partial charge in [0.05, 0.1) is 16.7 Å². The Balaban J connectivity index is 1.93. The highest BCUT2D eigenvalue weighted by Crippen LogP contribution is 2.41. The number of nitrogens with zero attached hydrogens (tertiary/aromatic N) is 2. The molecule has 0 aliphatic carbocycles. The molecule has 0 atom stereocenters. The van der Waals surface area contributed by atoms with Gasteiger partial charge in [-0.25, -0.2) is 4.83 Å². The Bertz CT molecular complexity index is 1300. The number of rotatable bonds is 5. The lowest BCUT2D eigenvalue weighted by atomic mass is 9.95. The zero-order chi connectivity index (χ0) is 22.1. The molecule has 0 amide bonds. The molecular formula is C22H16F3N3O2S. The monoisotopic (exact) mass is 443 g/mol. The van der Waals surface area contributed by atoms with E-state index in [0.717, 1.165) is 28.6 Å². The Kier molecular flexibility index (Phi) is 5.28. The molecule has 4 rings (SSSR count). The van der Waals surface area contributed by atoms with Crippen molar-refractivity contribution in [2.75, 3.05) is 4.83 Å². The molecule has 31 heavy (non-hydrogen) atoms. The minimum Gasteiger partial charge on any atom is -0.200 e. The van der Waals surface area contributed by atoms with Gasteiger partial charge in [-0.05, 0) is 41.0 Å². The van der Waals surface area contributed by atoms with E-state index in [1.54, 1.807) is 18.2 Å². The number of halogens is 3. The van der Waals surface area contributed by atoms with Crippen molar-refractivity contribution in [1.29, 1.82) is 0 Å². The first-order valence-corrected chi connectivity index (χ1v) is 10.6. The van der Waals surface area contributed by atoms with Crippen LogP contribution in [-0.4, -0.2) is 18.3 Å². The van der Waals surface area contributed by atoms with E-state index in [-0.39, 0.29) is 5.56 Å². The van der Waals surface area contributed by atoms with Crippen molar-refractivity contribution in [2.24, 2.45) is 0 Å². The molecule has 0 radical (unpaired) electrons. The fourth-order valence-electron chi connectivity index (χ4n) is 3.27. The lowest BCUT2D eigenvalue weighted by molar-refractivity contribution is -0.137. The summed E-state index contributed by atoms with van der Waals surface area (Å²) in [5, 5.41) is 3.76. The topological polar surface area (TPSA) is 64.0 Å². The van der Waals surface area contributed by atoms with Gasteiger partial charge < -0.3 is 0 Å². The number of aromatic nitrogens is 2. The van der Waals surface area contributed by atoms with Crippen LogP contribution in [0, 0.1) is 0 Å². The van der Waals surface area contributed by atoms with Gasteiger partial charge in [0.1, 0.15) is 0 Å². The lowest BCUT2D eigenvalue weighted by Gasteiger charge is -2.18. The van der Waals surface area contributed by atoms with Crippen molar-refractivity contribution in [3.63, 3.8) is 0 Å². The van der Waals surface area contributed by atoms with E-state index in [1.165, 1.54) is 24.5 Å². The summed E-state index contributed by atoms with van der Waals surface area (Å²) in [5.74, 6) is 0. The summed E-state index contributed by atoms with van der Waals surface area (Å²) >= 11 is 0. The molecule has 0 aliphatic heterocycles. The van der Waals surface area contributed by atoms with Gasteiger partial charge in [-0.3, -0.25) is 0 Å². The second kappa shape index (κ2) is 7.92. The summed E-state index contributed by atoms with van der Waals surface area (Å²) in [6, 6.07) is 20.1. The molecule has 4 aromatic rings. The van der Waals surface area contributed by atoms with Crippen molar-refractivity contribution in [1.82, 2.24) is 9.89 Å². The molecule has 9 heteroatoms. The van der Waals surface area contributed by atoms with E-state index in [2.05, 4.69) is 9.93 Å². The Morgan fingerprint density at radius 3 is 2.16 bits per heavy atom. The standard InChI is InChI=1S/C22H16F3N3O2S/c23-22(24,25)19-11-5-12-20(31(29,30)27-28-14-6-13-26-28)21(19)18-10-4-9-17(15-18)16-7-2-1-3-8-16/h1-15,27H. The van der Waals surface area contributed by atoms with Crippen LogP contribution in [0.15, 0.2) is 96.2 Å². The maximum atomic E-state index is 13.9. The summed E-state index contributed by atoms with van der Waals surface area (Å²) in [5.41, 5.74) is 0.134. The molecule has 3 aromatic carbocycles. The highest BCUT2D eigenvalue weighted by atomic mass is 32.2. The molecule has 0 fully saturated rings. The molecule has 0 bridgehead atoms. The fourth-order valence-corrected chi connectivity index (χ4v) is 4.48. The molecule has 0 saturated carbocycles. The van der Waals surface area contributed by atoms with Crippen LogP contribution in [0.2, 0.25) is 0 Å². The fraction of sp³-hybridized carbons (Fsp3) is 0.0455. The highest BCUT2D eigenvalue weighted by Gasteiger charge is 2.37. The number of sulfonamides is 1. The van der Waals surface area contributed by atoms with Crippen LogP contribution >= 0.6 is 0 Å². The predicted octanol–water partition coefficient (Wildman–Crippen LogP) is 5.17. The highest BCUT2D eigenvalue weighted by molar-refractivity contribution is 7.92. The Morgan fingerprint density at radius 2 is 1.48 bits per heavy atom. The van der Waals surface area contributed by atoms with Crippen LogP contribution in [0.1, 0.15) is 5.56 Å².